The van der Waals surface area contributed by atoms with Crippen molar-refractivity contribution in [3.05, 3.63) is 60.2 Å². The lowest BCUT2D eigenvalue weighted by molar-refractivity contribution is -0.519. The zero-order valence-corrected chi connectivity index (χ0v) is 11.5. The average Bonchev–Trinajstić information content (AvgIpc) is 2.91. The van der Waals surface area contributed by atoms with E-state index in [9.17, 15) is 5.11 Å². The molecule has 1 aliphatic rings. The van der Waals surface area contributed by atoms with Gasteiger partial charge in [0.1, 0.15) is 0 Å². The fourth-order valence-electron chi connectivity index (χ4n) is 2.81. The molecule has 21 heavy (non-hydrogen) atoms. The molecule has 0 bridgehead atoms. The summed E-state index contributed by atoms with van der Waals surface area (Å²) in [4.78, 5) is 0. The van der Waals surface area contributed by atoms with Crippen LogP contribution in [0.3, 0.4) is 0 Å². The Kier molecular flexibility index (Phi) is 2.71. The molecular formula is C18H14N2O. The molecule has 3 nitrogen and oxygen atoms in total. The second-order valence-corrected chi connectivity index (χ2v) is 5.30. The summed E-state index contributed by atoms with van der Waals surface area (Å²) in [5.41, 5.74) is 1.09. The second kappa shape index (κ2) is 4.70. The molecule has 0 amide bonds. The van der Waals surface area contributed by atoms with Crippen LogP contribution in [0.5, 0.6) is 0 Å². The third-order valence-corrected chi connectivity index (χ3v) is 3.86. The number of hydrogen-bond donors (Lipinski definition) is 0. The van der Waals surface area contributed by atoms with Crippen LogP contribution in [0.25, 0.3) is 21.5 Å². The Balaban J connectivity index is 1.95. The van der Waals surface area contributed by atoms with E-state index in [2.05, 4.69) is 53.6 Å². The number of benzene rings is 3. The summed E-state index contributed by atoms with van der Waals surface area (Å²) in [7, 11) is 0. The maximum absolute atomic E-state index is 11.3. The van der Waals surface area contributed by atoms with E-state index in [1.54, 1.807) is 4.68 Å². The Morgan fingerprint density at radius 3 is 2.48 bits per heavy atom. The number of hydrazone groups is 1. The van der Waals surface area contributed by atoms with Crippen molar-refractivity contribution in [2.75, 3.05) is 6.54 Å². The minimum atomic E-state index is -0.0445. The summed E-state index contributed by atoms with van der Waals surface area (Å²) in [6, 6.07) is 19.0. The molecule has 0 saturated heterocycles. The van der Waals surface area contributed by atoms with Crippen LogP contribution >= 0.6 is 0 Å². The van der Waals surface area contributed by atoms with Gasteiger partial charge in [-0.05, 0) is 44.8 Å². The molecule has 0 atom stereocenters. The molecule has 0 aliphatic carbocycles. The fraction of sp³-hybridized carbons (Fsp3) is 0.111. The minimum absolute atomic E-state index is 0.0445. The van der Waals surface area contributed by atoms with Crippen LogP contribution in [0.4, 0.5) is 0 Å². The van der Waals surface area contributed by atoms with Crippen molar-refractivity contribution in [2.24, 2.45) is 5.10 Å². The van der Waals surface area contributed by atoms with E-state index >= 15 is 0 Å². The first-order chi connectivity index (χ1) is 10.3. The monoisotopic (exact) mass is 274 g/mol. The van der Waals surface area contributed by atoms with E-state index in [1.165, 1.54) is 21.5 Å². The summed E-state index contributed by atoms with van der Waals surface area (Å²) < 4.78 is 1.74. The van der Waals surface area contributed by atoms with Gasteiger partial charge in [0.15, 0.2) is 6.54 Å². The van der Waals surface area contributed by atoms with E-state index in [1.807, 2.05) is 12.3 Å². The van der Waals surface area contributed by atoms with Gasteiger partial charge in [0, 0.05) is 17.9 Å². The Hall–Kier alpha value is -2.68. The minimum Gasteiger partial charge on any atom is -0.857 e. The molecule has 3 aromatic rings. The van der Waals surface area contributed by atoms with Gasteiger partial charge < -0.3 is 5.11 Å². The maximum atomic E-state index is 11.3. The van der Waals surface area contributed by atoms with Gasteiger partial charge >= 0.3 is 0 Å². The van der Waals surface area contributed by atoms with Crippen LogP contribution in [-0.2, 0) is 0 Å². The number of rotatable bonds is 1. The Labute approximate surface area is 122 Å². The molecule has 1 heterocycles. The van der Waals surface area contributed by atoms with Crippen molar-refractivity contribution >= 4 is 33.7 Å². The van der Waals surface area contributed by atoms with Crippen molar-refractivity contribution in [1.29, 1.82) is 0 Å². The molecule has 1 aliphatic heterocycles. The van der Waals surface area contributed by atoms with E-state index in [-0.39, 0.29) is 5.90 Å². The molecule has 0 aromatic heterocycles. The average molecular weight is 274 g/mol. The maximum Gasteiger partial charge on any atom is 0.204 e. The lowest BCUT2D eigenvalue weighted by atomic mass is 10.0. The van der Waals surface area contributed by atoms with E-state index in [0.29, 0.717) is 13.0 Å². The van der Waals surface area contributed by atoms with Crippen LogP contribution in [0.1, 0.15) is 12.0 Å². The summed E-state index contributed by atoms with van der Waals surface area (Å²) in [5, 5.41) is 20.1. The predicted molar refractivity (Wildman–Crippen MR) is 83.8 cm³/mol. The highest BCUT2D eigenvalue weighted by Gasteiger charge is 2.12. The highest BCUT2D eigenvalue weighted by molar-refractivity contribution is 6.05. The van der Waals surface area contributed by atoms with Crippen molar-refractivity contribution in [3.63, 3.8) is 0 Å². The molecule has 0 saturated carbocycles. The predicted octanol–water partition coefficient (Wildman–Crippen LogP) is 2.50. The van der Waals surface area contributed by atoms with Crippen LogP contribution in [0.2, 0.25) is 0 Å². The summed E-state index contributed by atoms with van der Waals surface area (Å²) in [6.45, 7) is 0.669. The van der Waals surface area contributed by atoms with Gasteiger partial charge in [-0.1, -0.05) is 41.1 Å². The Bertz CT molecular complexity index is 909. The van der Waals surface area contributed by atoms with Gasteiger partial charge in [-0.15, -0.1) is 0 Å². The smallest absolute Gasteiger partial charge is 0.204 e. The molecule has 0 spiro atoms. The van der Waals surface area contributed by atoms with Crippen molar-refractivity contribution < 1.29 is 9.79 Å². The third-order valence-electron chi connectivity index (χ3n) is 3.86. The van der Waals surface area contributed by atoms with Crippen LogP contribution < -0.4 is 5.11 Å². The molecule has 0 unspecified atom stereocenters. The standard InChI is InChI=1S/C18H14N2O/c21-18-8-9-20(19-18)12-16-7-3-6-15-10-13-4-1-2-5-14(13)11-17(15)16/h1-7,10-12H,8-9H2/b20-12-. The molecule has 4 rings (SSSR count). The van der Waals surface area contributed by atoms with Gasteiger partial charge in [0.05, 0.1) is 0 Å². The van der Waals surface area contributed by atoms with Gasteiger partial charge in [0.25, 0.3) is 0 Å². The number of hydrogen-bond acceptors (Lipinski definition) is 2. The molecule has 3 aromatic carbocycles. The Morgan fingerprint density at radius 1 is 0.952 bits per heavy atom. The highest BCUT2D eigenvalue weighted by atomic mass is 16.3. The first-order valence-corrected chi connectivity index (χ1v) is 7.07. The van der Waals surface area contributed by atoms with Gasteiger partial charge in [-0.25, -0.2) is 0 Å². The molecular weight excluding hydrogens is 260 g/mol. The van der Waals surface area contributed by atoms with Crippen LogP contribution in [-0.4, -0.2) is 23.3 Å². The summed E-state index contributed by atoms with van der Waals surface area (Å²) >= 11 is 0. The summed E-state index contributed by atoms with van der Waals surface area (Å²) in [6.07, 6.45) is 2.46. The van der Waals surface area contributed by atoms with Crippen LogP contribution in [0, 0.1) is 0 Å². The van der Waals surface area contributed by atoms with E-state index in [4.69, 9.17) is 0 Å². The quantitative estimate of drug-likeness (QED) is 0.496. The number of nitrogens with zero attached hydrogens (tertiary/aromatic N) is 2. The zero-order valence-electron chi connectivity index (χ0n) is 11.5. The molecule has 102 valence electrons. The highest BCUT2D eigenvalue weighted by Crippen LogP contribution is 2.24. The lowest BCUT2D eigenvalue weighted by Gasteiger charge is -2.04. The van der Waals surface area contributed by atoms with E-state index in [0.717, 1.165) is 5.56 Å². The van der Waals surface area contributed by atoms with Crippen LogP contribution in [0.15, 0.2) is 59.7 Å². The second-order valence-electron chi connectivity index (χ2n) is 5.30. The lowest BCUT2D eigenvalue weighted by Crippen LogP contribution is -2.13. The molecule has 0 fully saturated rings. The molecule has 0 radical (unpaired) electrons. The molecule has 0 N–H and O–H groups in total. The van der Waals surface area contributed by atoms with Crippen molar-refractivity contribution in [2.45, 2.75) is 6.42 Å². The van der Waals surface area contributed by atoms with Gasteiger partial charge in [-0.3, -0.25) is 0 Å². The normalized spacial score (nSPS) is 16.8. The van der Waals surface area contributed by atoms with Crippen molar-refractivity contribution in [3.8, 4) is 0 Å². The Morgan fingerprint density at radius 2 is 1.71 bits per heavy atom. The summed E-state index contributed by atoms with van der Waals surface area (Å²) in [5.74, 6) is -0.0445. The first kappa shape index (κ1) is 12.1. The van der Waals surface area contributed by atoms with Crippen molar-refractivity contribution in [1.82, 2.24) is 0 Å². The first-order valence-electron chi connectivity index (χ1n) is 7.07. The van der Waals surface area contributed by atoms with E-state index < -0.39 is 0 Å². The topological polar surface area (TPSA) is 38.4 Å². The fourth-order valence-corrected chi connectivity index (χ4v) is 2.81. The molecule has 3 heteroatoms. The number of fused-ring (bicyclic) bond motifs is 2. The largest absolute Gasteiger partial charge is 0.857 e. The van der Waals surface area contributed by atoms with Gasteiger partial charge in [0.2, 0.25) is 6.21 Å². The van der Waals surface area contributed by atoms with Gasteiger partial charge in [-0.2, -0.15) is 0 Å². The SMILES string of the molecule is [O-]C1=N/[N+](=C\c2cccc3cc4ccccc4cc23)CC1. The zero-order chi connectivity index (χ0) is 14.2. The third kappa shape index (κ3) is 2.17.